The molecular formula is C18H24ClN3OS. The molecule has 1 aliphatic heterocycles. The third-order valence-electron chi connectivity index (χ3n) is 4.37. The van der Waals surface area contributed by atoms with Crippen molar-refractivity contribution in [1.82, 2.24) is 14.8 Å². The first-order chi connectivity index (χ1) is 11.7. The molecular weight excluding hydrogens is 342 g/mol. The Morgan fingerprint density at radius 3 is 2.58 bits per heavy atom. The quantitative estimate of drug-likeness (QED) is 0.750. The summed E-state index contributed by atoms with van der Waals surface area (Å²) >= 11 is 7.28. The van der Waals surface area contributed by atoms with Crippen LogP contribution in [-0.2, 0) is 13.0 Å². The van der Waals surface area contributed by atoms with Crippen LogP contribution in [0.4, 0.5) is 0 Å². The van der Waals surface area contributed by atoms with E-state index >= 15 is 0 Å². The SMILES string of the molecule is CN1CCN(CCCc2ccc(OCc3cnc(Cl)s3)cc2)CC1. The lowest BCUT2D eigenvalue weighted by Gasteiger charge is -2.32. The maximum atomic E-state index is 5.82. The Hall–Kier alpha value is -1.14. The van der Waals surface area contributed by atoms with E-state index in [0.29, 0.717) is 11.1 Å². The first-order valence-electron chi connectivity index (χ1n) is 8.42. The van der Waals surface area contributed by atoms with Crippen molar-refractivity contribution in [3.8, 4) is 5.75 Å². The van der Waals surface area contributed by atoms with Crippen molar-refractivity contribution in [2.45, 2.75) is 19.4 Å². The highest BCUT2D eigenvalue weighted by atomic mass is 35.5. The van der Waals surface area contributed by atoms with Crippen LogP contribution in [0.1, 0.15) is 16.9 Å². The minimum atomic E-state index is 0.521. The van der Waals surface area contributed by atoms with Gasteiger partial charge in [-0.05, 0) is 44.1 Å². The monoisotopic (exact) mass is 365 g/mol. The number of hydrogen-bond acceptors (Lipinski definition) is 5. The summed E-state index contributed by atoms with van der Waals surface area (Å²) in [7, 11) is 2.20. The van der Waals surface area contributed by atoms with Gasteiger partial charge < -0.3 is 14.5 Å². The maximum absolute atomic E-state index is 5.82. The number of hydrogen-bond donors (Lipinski definition) is 0. The fourth-order valence-corrected chi connectivity index (χ4v) is 3.73. The van der Waals surface area contributed by atoms with E-state index < -0.39 is 0 Å². The lowest BCUT2D eigenvalue weighted by Crippen LogP contribution is -2.44. The van der Waals surface area contributed by atoms with E-state index in [1.165, 1.54) is 56.0 Å². The van der Waals surface area contributed by atoms with Crippen molar-refractivity contribution in [3.63, 3.8) is 0 Å². The number of benzene rings is 1. The van der Waals surface area contributed by atoms with Crippen LogP contribution in [0.3, 0.4) is 0 Å². The van der Waals surface area contributed by atoms with Crippen molar-refractivity contribution in [3.05, 3.63) is 45.4 Å². The van der Waals surface area contributed by atoms with Gasteiger partial charge in [-0.15, -0.1) is 11.3 Å². The second-order valence-electron chi connectivity index (χ2n) is 6.26. The minimum absolute atomic E-state index is 0.521. The van der Waals surface area contributed by atoms with Gasteiger partial charge in [0.2, 0.25) is 0 Å². The predicted molar refractivity (Wildman–Crippen MR) is 100 cm³/mol. The summed E-state index contributed by atoms with van der Waals surface area (Å²) in [6.07, 6.45) is 4.10. The first-order valence-corrected chi connectivity index (χ1v) is 9.61. The maximum Gasteiger partial charge on any atom is 0.183 e. The molecule has 0 bridgehead atoms. The zero-order valence-electron chi connectivity index (χ0n) is 14.1. The molecule has 1 fully saturated rings. The van der Waals surface area contributed by atoms with Crippen LogP contribution < -0.4 is 4.74 Å². The number of rotatable bonds is 7. The summed E-state index contributed by atoms with van der Waals surface area (Å²) in [4.78, 5) is 10.0. The molecule has 0 N–H and O–H groups in total. The molecule has 2 heterocycles. The van der Waals surface area contributed by atoms with Gasteiger partial charge in [-0.1, -0.05) is 23.7 Å². The van der Waals surface area contributed by atoms with Crippen LogP contribution in [-0.4, -0.2) is 54.6 Å². The lowest BCUT2D eigenvalue weighted by molar-refractivity contribution is 0.153. The van der Waals surface area contributed by atoms with Crippen molar-refractivity contribution >= 4 is 22.9 Å². The molecule has 1 saturated heterocycles. The van der Waals surface area contributed by atoms with Gasteiger partial charge in [0, 0.05) is 32.4 Å². The molecule has 0 unspecified atom stereocenters. The second-order valence-corrected chi connectivity index (χ2v) is 7.96. The number of halogens is 1. The van der Waals surface area contributed by atoms with Crippen LogP contribution in [0, 0.1) is 0 Å². The Labute approximate surface area is 153 Å². The molecule has 0 spiro atoms. The van der Waals surface area contributed by atoms with E-state index in [0.717, 1.165) is 17.0 Å². The highest BCUT2D eigenvalue weighted by Crippen LogP contribution is 2.20. The molecule has 1 aromatic carbocycles. The summed E-state index contributed by atoms with van der Waals surface area (Å²) in [6, 6.07) is 8.43. The molecule has 2 aromatic rings. The van der Waals surface area contributed by atoms with E-state index in [1.807, 2.05) is 12.1 Å². The Bertz CT molecular complexity index is 623. The molecule has 4 nitrogen and oxygen atoms in total. The largest absolute Gasteiger partial charge is 0.488 e. The van der Waals surface area contributed by atoms with Crippen LogP contribution in [0.5, 0.6) is 5.75 Å². The lowest BCUT2D eigenvalue weighted by atomic mass is 10.1. The van der Waals surface area contributed by atoms with Gasteiger partial charge >= 0.3 is 0 Å². The standard InChI is InChI=1S/C18H24ClN3OS/c1-21-9-11-22(12-10-21)8-2-3-15-4-6-16(7-5-15)23-14-17-13-20-18(19)24-17/h4-7,13H,2-3,8-12,14H2,1H3. The van der Waals surface area contributed by atoms with E-state index in [-0.39, 0.29) is 0 Å². The van der Waals surface area contributed by atoms with Gasteiger partial charge in [-0.3, -0.25) is 0 Å². The van der Waals surface area contributed by atoms with E-state index in [1.54, 1.807) is 6.20 Å². The van der Waals surface area contributed by atoms with Gasteiger partial charge in [0.15, 0.2) is 4.47 Å². The highest BCUT2D eigenvalue weighted by Gasteiger charge is 2.12. The molecule has 6 heteroatoms. The topological polar surface area (TPSA) is 28.6 Å². The molecule has 0 aliphatic carbocycles. The van der Waals surface area contributed by atoms with E-state index in [4.69, 9.17) is 16.3 Å². The minimum Gasteiger partial charge on any atom is -0.488 e. The molecule has 0 amide bonds. The van der Waals surface area contributed by atoms with Gasteiger partial charge in [-0.25, -0.2) is 4.98 Å². The number of aryl methyl sites for hydroxylation is 1. The Morgan fingerprint density at radius 2 is 1.92 bits per heavy atom. The summed E-state index contributed by atoms with van der Waals surface area (Å²) < 4.78 is 6.33. The predicted octanol–water partition coefficient (Wildman–Crippen LogP) is 3.56. The molecule has 1 aliphatic rings. The van der Waals surface area contributed by atoms with Crippen LogP contribution >= 0.6 is 22.9 Å². The smallest absolute Gasteiger partial charge is 0.183 e. The Kier molecular flexibility index (Phi) is 6.49. The van der Waals surface area contributed by atoms with Crippen molar-refractivity contribution < 1.29 is 4.74 Å². The van der Waals surface area contributed by atoms with Gasteiger partial charge in [0.25, 0.3) is 0 Å². The number of nitrogens with zero attached hydrogens (tertiary/aromatic N) is 3. The Balaban J connectivity index is 1.38. The molecule has 0 saturated carbocycles. The fraction of sp³-hybridized carbons (Fsp3) is 0.500. The second kappa shape index (κ2) is 8.81. The summed E-state index contributed by atoms with van der Waals surface area (Å²) in [6.45, 7) is 6.50. The van der Waals surface area contributed by atoms with Crippen LogP contribution in [0.2, 0.25) is 4.47 Å². The number of piperazine rings is 1. The first kappa shape index (κ1) is 17.7. The summed E-state index contributed by atoms with van der Waals surface area (Å²) in [5.41, 5.74) is 1.37. The van der Waals surface area contributed by atoms with Crippen molar-refractivity contribution in [1.29, 1.82) is 0 Å². The van der Waals surface area contributed by atoms with Gasteiger partial charge in [-0.2, -0.15) is 0 Å². The zero-order chi connectivity index (χ0) is 16.8. The Morgan fingerprint density at radius 1 is 1.17 bits per heavy atom. The van der Waals surface area contributed by atoms with Gasteiger partial charge in [0.05, 0.1) is 4.88 Å². The third-order valence-corrected chi connectivity index (χ3v) is 5.45. The number of likely N-dealkylation sites (N-methyl/N-ethyl adjacent to an activating group) is 1. The summed E-state index contributed by atoms with van der Waals surface area (Å²) in [5, 5.41) is 0. The van der Waals surface area contributed by atoms with Gasteiger partial charge in [0.1, 0.15) is 12.4 Å². The fourth-order valence-electron chi connectivity index (χ4n) is 2.84. The van der Waals surface area contributed by atoms with Crippen LogP contribution in [0.25, 0.3) is 0 Å². The molecule has 1 aromatic heterocycles. The number of thiazole rings is 1. The van der Waals surface area contributed by atoms with E-state index in [9.17, 15) is 0 Å². The third kappa shape index (κ3) is 5.45. The number of aromatic nitrogens is 1. The number of ether oxygens (including phenoxy) is 1. The highest BCUT2D eigenvalue weighted by molar-refractivity contribution is 7.15. The average molecular weight is 366 g/mol. The average Bonchev–Trinajstić information content (AvgIpc) is 3.01. The zero-order valence-corrected chi connectivity index (χ0v) is 15.7. The van der Waals surface area contributed by atoms with Crippen molar-refractivity contribution in [2.24, 2.45) is 0 Å². The molecule has 0 atom stereocenters. The van der Waals surface area contributed by atoms with Crippen LogP contribution in [0.15, 0.2) is 30.5 Å². The molecule has 24 heavy (non-hydrogen) atoms. The van der Waals surface area contributed by atoms with Crippen molar-refractivity contribution in [2.75, 3.05) is 39.8 Å². The molecule has 3 rings (SSSR count). The summed E-state index contributed by atoms with van der Waals surface area (Å²) in [5.74, 6) is 0.891. The normalized spacial score (nSPS) is 16.4. The van der Waals surface area contributed by atoms with E-state index in [2.05, 4.69) is 34.0 Å². The molecule has 130 valence electrons. The molecule has 0 radical (unpaired) electrons.